The maximum Gasteiger partial charge on any atom is 0.252 e. The summed E-state index contributed by atoms with van der Waals surface area (Å²) in [6, 6.07) is 13.7. The smallest absolute Gasteiger partial charge is 0.252 e. The highest BCUT2D eigenvalue weighted by molar-refractivity contribution is 5.95. The molecule has 0 spiro atoms. The van der Waals surface area contributed by atoms with Crippen LogP contribution in [0.4, 0.5) is 0 Å². The van der Waals surface area contributed by atoms with Crippen LogP contribution in [0.1, 0.15) is 22.0 Å². The number of amides is 1. The predicted molar refractivity (Wildman–Crippen MR) is 86.4 cm³/mol. The predicted octanol–water partition coefficient (Wildman–Crippen LogP) is 1.19. The Balaban J connectivity index is 1.71. The summed E-state index contributed by atoms with van der Waals surface area (Å²) in [5.41, 5.74) is 6.02. The summed E-state index contributed by atoms with van der Waals surface area (Å²) in [4.78, 5) is 11.0. The fourth-order valence-electron chi connectivity index (χ4n) is 2.08. The van der Waals surface area contributed by atoms with Crippen LogP contribution in [-0.2, 0) is 0 Å². The van der Waals surface area contributed by atoms with Crippen LogP contribution in [0.3, 0.4) is 0 Å². The summed E-state index contributed by atoms with van der Waals surface area (Å²) < 4.78 is 5.45. The molecule has 0 saturated carbocycles. The van der Waals surface area contributed by atoms with Gasteiger partial charge in [0.15, 0.2) is 0 Å². The van der Waals surface area contributed by atoms with Gasteiger partial charge in [-0.1, -0.05) is 30.3 Å². The largest absolute Gasteiger partial charge is 0.507 e. The molecule has 2 rings (SSSR count). The number of carbonyl (C=O) groups excluding carboxylic acids is 1. The topological polar surface area (TPSA) is 105 Å². The first kappa shape index (κ1) is 16.8. The average Bonchev–Trinajstić information content (AvgIpc) is 2.55. The van der Waals surface area contributed by atoms with Gasteiger partial charge in [0.2, 0.25) is 0 Å². The van der Waals surface area contributed by atoms with Crippen molar-refractivity contribution in [3.8, 4) is 11.5 Å². The van der Waals surface area contributed by atoms with E-state index in [1.54, 1.807) is 6.07 Å². The summed E-state index contributed by atoms with van der Waals surface area (Å²) in [5.74, 6) is -0.453. The highest BCUT2D eigenvalue weighted by atomic mass is 16.5. The van der Waals surface area contributed by atoms with E-state index < -0.39 is 12.0 Å². The molecule has 0 aliphatic carbocycles. The van der Waals surface area contributed by atoms with Crippen LogP contribution >= 0.6 is 0 Å². The zero-order valence-electron chi connectivity index (χ0n) is 12.6. The van der Waals surface area contributed by atoms with Crippen molar-refractivity contribution >= 4 is 5.91 Å². The average molecular weight is 316 g/mol. The number of phenols is 1. The van der Waals surface area contributed by atoms with Gasteiger partial charge in [-0.15, -0.1) is 0 Å². The maximum absolute atomic E-state index is 11.0. The first-order valence-corrected chi connectivity index (χ1v) is 7.27. The highest BCUT2D eigenvalue weighted by Gasteiger charge is 2.08. The number of aliphatic hydroxyl groups excluding tert-OH is 1. The van der Waals surface area contributed by atoms with E-state index in [-0.39, 0.29) is 11.3 Å². The summed E-state index contributed by atoms with van der Waals surface area (Å²) in [6.07, 6.45) is -0.574. The van der Waals surface area contributed by atoms with Crippen LogP contribution in [0.25, 0.3) is 0 Å². The number of benzene rings is 2. The summed E-state index contributed by atoms with van der Waals surface area (Å²) in [7, 11) is 0. The van der Waals surface area contributed by atoms with Gasteiger partial charge in [0.25, 0.3) is 5.91 Å². The minimum Gasteiger partial charge on any atom is -0.507 e. The number of rotatable bonds is 8. The normalized spacial score (nSPS) is 11.9. The van der Waals surface area contributed by atoms with Crippen molar-refractivity contribution in [2.45, 2.75) is 6.10 Å². The lowest BCUT2D eigenvalue weighted by Crippen LogP contribution is -2.26. The van der Waals surface area contributed by atoms with E-state index in [0.717, 1.165) is 5.56 Å². The molecule has 5 N–H and O–H groups in total. The molecule has 122 valence electrons. The number of nitrogens with one attached hydrogen (secondary N) is 1. The van der Waals surface area contributed by atoms with Crippen molar-refractivity contribution in [2.24, 2.45) is 5.73 Å². The molecule has 1 unspecified atom stereocenters. The molecular formula is C17H20N2O4. The first-order valence-electron chi connectivity index (χ1n) is 7.27. The monoisotopic (exact) mass is 316 g/mol. The number of hydrogen-bond donors (Lipinski definition) is 4. The minimum absolute atomic E-state index is 0.0569. The van der Waals surface area contributed by atoms with Crippen molar-refractivity contribution in [1.82, 2.24) is 5.32 Å². The molecule has 0 aromatic heterocycles. The maximum atomic E-state index is 11.0. The summed E-state index contributed by atoms with van der Waals surface area (Å²) >= 11 is 0. The van der Waals surface area contributed by atoms with E-state index in [1.165, 1.54) is 12.1 Å². The molecule has 1 amide bonds. The Morgan fingerprint density at radius 1 is 1.22 bits per heavy atom. The third-order valence-electron chi connectivity index (χ3n) is 3.30. The van der Waals surface area contributed by atoms with E-state index in [4.69, 9.17) is 10.5 Å². The first-order chi connectivity index (χ1) is 11.1. The van der Waals surface area contributed by atoms with Crippen LogP contribution in [-0.4, -0.2) is 35.8 Å². The number of aliphatic hydroxyl groups is 1. The van der Waals surface area contributed by atoms with Crippen molar-refractivity contribution < 1.29 is 19.7 Å². The molecule has 23 heavy (non-hydrogen) atoms. The van der Waals surface area contributed by atoms with Gasteiger partial charge < -0.3 is 26.0 Å². The number of hydrogen-bond acceptors (Lipinski definition) is 5. The van der Waals surface area contributed by atoms with Crippen molar-refractivity contribution in [1.29, 1.82) is 0 Å². The molecule has 0 aliphatic rings. The molecule has 0 heterocycles. The number of nitrogens with two attached hydrogens (primary N) is 1. The Morgan fingerprint density at radius 3 is 2.61 bits per heavy atom. The van der Waals surface area contributed by atoms with E-state index in [2.05, 4.69) is 5.32 Å². The molecule has 0 bridgehead atoms. The number of carbonyl (C=O) groups is 1. The Morgan fingerprint density at radius 2 is 1.96 bits per heavy atom. The van der Waals surface area contributed by atoms with Gasteiger partial charge in [0.05, 0.1) is 11.7 Å². The molecule has 6 heteroatoms. The minimum atomic E-state index is -0.689. The van der Waals surface area contributed by atoms with Gasteiger partial charge in [0.1, 0.15) is 18.1 Å². The van der Waals surface area contributed by atoms with Crippen LogP contribution in [0.2, 0.25) is 0 Å². The van der Waals surface area contributed by atoms with Crippen LogP contribution in [0.5, 0.6) is 11.5 Å². The highest BCUT2D eigenvalue weighted by Crippen LogP contribution is 2.23. The number of ether oxygens (including phenoxy) is 1. The summed E-state index contributed by atoms with van der Waals surface area (Å²) in [5, 5.41) is 22.7. The molecule has 1 atom stereocenters. The lowest BCUT2D eigenvalue weighted by atomic mass is 10.1. The van der Waals surface area contributed by atoms with E-state index in [0.29, 0.717) is 25.4 Å². The van der Waals surface area contributed by atoms with Gasteiger partial charge in [-0.05, 0) is 17.7 Å². The zero-order chi connectivity index (χ0) is 16.7. The van der Waals surface area contributed by atoms with Crippen LogP contribution < -0.4 is 15.8 Å². The van der Waals surface area contributed by atoms with E-state index in [1.807, 2.05) is 30.3 Å². The lowest BCUT2D eigenvalue weighted by Gasteiger charge is -2.13. The van der Waals surface area contributed by atoms with Crippen LogP contribution in [0, 0.1) is 0 Å². The molecule has 0 fully saturated rings. The number of primary amides is 1. The van der Waals surface area contributed by atoms with Crippen molar-refractivity contribution in [2.75, 3.05) is 19.7 Å². The molecule has 6 nitrogen and oxygen atoms in total. The van der Waals surface area contributed by atoms with Gasteiger partial charge >= 0.3 is 0 Å². The van der Waals surface area contributed by atoms with Crippen molar-refractivity contribution in [3.05, 3.63) is 59.7 Å². The molecule has 0 aliphatic heterocycles. The van der Waals surface area contributed by atoms with Gasteiger partial charge in [-0.3, -0.25) is 4.79 Å². The zero-order valence-corrected chi connectivity index (χ0v) is 12.6. The SMILES string of the molecule is NC(=O)c1ccc(OCCNCC(O)c2ccccc2)cc1O. The number of aromatic hydroxyl groups is 1. The third-order valence-corrected chi connectivity index (χ3v) is 3.30. The van der Waals surface area contributed by atoms with Crippen LogP contribution in [0.15, 0.2) is 48.5 Å². The quantitative estimate of drug-likeness (QED) is 0.548. The van der Waals surface area contributed by atoms with Gasteiger partial charge in [0, 0.05) is 19.2 Å². The second-order valence-corrected chi connectivity index (χ2v) is 5.02. The Labute approximate surface area is 134 Å². The molecular weight excluding hydrogens is 296 g/mol. The van der Waals surface area contributed by atoms with E-state index >= 15 is 0 Å². The molecule has 2 aromatic carbocycles. The molecule has 0 radical (unpaired) electrons. The second-order valence-electron chi connectivity index (χ2n) is 5.02. The fraction of sp³-hybridized carbons (Fsp3) is 0.235. The Bertz CT molecular complexity index is 646. The van der Waals surface area contributed by atoms with Gasteiger partial charge in [-0.25, -0.2) is 0 Å². The Hall–Kier alpha value is -2.57. The third kappa shape index (κ3) is 4.98. The van der Waals surface area contributed by atoms with Gasteiger partial charge in [-0.2, -0.15) is 0 Å². The van der Waals surface area contributed by atoms with Crippen molar-refractivity contribution in [3.63, 3.8) is 0 Å². The molecule has 0 saturated heterocycles. The fourth-order valence-corrected chi connectivity index (χ4v) is 2.08. The second kappa shape index (κ2) is 8.17. The summed E-state index contributed by atoms with van der Waals surface area (Å²) in [6.45, 7) is 1.30. The Kier molecular flexibility index (Phi) is 5.96. The lowest BCUT2D eigenvalue weighted by molar-refractivity contribution is 0.0997. The van der Waals surface area contributed by atoms with E-state index in [9.17, 15) is 15.0 Å². The molecule has 2 aromatic rings. The standard InChI is InChI=1S/C17H20N2O4/c18-17(22)14-7-6-13(10-15(14)20)23-9-8-19-11-16(21)12-4-2-1-3-5-12/h1-7,10,16,19-21H,8-9,11H2,(H2,18,22).